The highest BCUT2D eigenvalue weighted by Crippen LogP contribution is 2.30. The summed E-state index contributed by atoms with van der Waals surface area (Å²) in [7, 11) is 1.63. The summed E-state index contributed by atoms with van der Waals surface area (Å²) in [5.74, 6) is 2.06. The largest absolute Gasteiger partial charge is 0.491 e. The molecule has 3 aromatic rings. The van der Waals surface area contributed by atoms with Crippen LogP contribution in [0.1, 0.15) is 19.3 Å². The lowest BCUT2D eigenvalue weighted by molar-refractivity contribution is 0.254. The second kappa shape index (κ2) is 8.26. The van der Waals surface area contributed by atoms with Gasteiger partial charge in [0.1, 0.15) is 5.82 Å². The second-order valence-corrected chi connectivity index (χ2v) is 6.70. The van der Waals surface area contributed by atoms with Gasteiger partial charge in [-0.1, -0.05) is 0 Å². The van der Waals surface area contributed by atoms with Crippen LogP contribution in [-0.4, -0.2) is 52.6 Å². The van der Waals surface area contributed by atoms with Crippen molar-refractivity contribution in [2.24, 2.45) is 0 Å². The number of aromatic nitrogens is 3. The zero-order valence-electron chi connectivity index (χ0n) is 15.6. The van der Waals surface area contributed by atoms with Crippen LogP contribution in [0, 0.1) is 0 Å². The molecule has 142 valence electrons. The monoisotopic (exact) mass is 367 g/mol. The standard InChI is InChI=1S/C20H25N5O2/c1-26-19-14-22-20(23-16-6-4-10-25-15-21-13-17(16)25)12-18(19)27-11-5-9-24-7-2-3-8-24/h4,6,10,12-15H,2-3,5,7-9,11H2,1H3,(H,22,23). The summed E-state index contributed by atoms with van der Waals surface area (Å²) in [6, 6.07) is 5.85. The van der Waals surface area contributed by atoms with Gasteiger partial charge in [0.05, 0.1) is 43.6 Å². The number of nitrogens with one attached hydrogen (secondary N) is 1. The van der Waals surface area contributed by atoms with Crippen LogP contribution in [0.15, 0.2) is 43.1 Å². The van der Waals surface area contributed by atoms with Crippen molar-refractivity contribution in [1.29, 1.82) is 0 Å². The molecule has 7 heteroatoms. The van der Waals surface area contributed by atoms with Gasteiger partial charge in [0.15, 0.2) is 11.5 Å². The first-order valence-electron chi connectivity index (χ1n) is 9.40. The van der Waals surface area contributed by atoms with Crippen LogP contribution in [0.5, 0.6) is 11.5 Å². The Morgan fingerprint density at radius 2 is 2.07 bits per heavy atom. The van der Waals surface area contributed by atoms with Crippen molar-refractivity contribution in [3.8, 4) is 11.5 Å². The van der Waals surface area contributed by atoms with Gasteiger partial charge in [-0.3, -0.25) is 0 Å². The maximum Gasteiger partial charge on any atom is 0.179 e. The molecule has 1 aliphatic heterocycles. The van der Waals surface area contributed by atoms with Crippen LogP contribution < -0.4 is 14.8 Å². The first-order valence-corrected chi connectivity index (χ1v) is 9.40. The van der Waals surface area contributed by atoms with E-state index in [0.29, 0.717) is 23.9 Å². The van der Waals surface area contributed by atoms with Gasteiger partial charge in [0.25, 0.3) is 0 Å². The van der Waals surface area contributed by atoms with E-state index in [4.69, 9.17) is 9.47 Å². The molecule has 4 rings (SSSR count). The summed E-state index contributed by atoms with van der Waals surface area (Å²) in [5.41, 5.74) is 1.93. The fraction of sp³-hybridized carbons (Fsp3) is 0.400. The van der Waals surface area contributed by atoms with E-state index in [2.05, 4.69) is 20.2 Å². The fourth-order valence-corrected chi connectivity index (χ4v) is 3.43. The van der Waals surface area contributed by atoms with Crippen molar-refractivity contribution in [1.82, 2.24) is 19.3 Å². The third-order valence-corrected chi connectivity index (χ3v) is 4.84. The number of methoxy groups -OCH3 is 1. The Kier molecular flexibility index (Phi) is 5.39. The molecular formula is C20H25N5O2. The number of anilines is 2. The van der Waals surface area contributed by atoms with E-state index in [9.17, 15) is 0 Å². The number of nitrogens with zero attached hydrogens (tertiary/aromatic N) is 4. The maximum absolute atomic E-state index is 5.99. The Morgan fingerprint density at radius 1 is 1.19 bits per heavy atom. The van der Waals surface area contributed by atoms with E-state index in [0.717, 1.165) is 24.2 Å². The van der Waals surface area contributed by atoms with Gasteiger partial charge in [-0.25, -0.2) is 9.97 Å². The van der Waals surface area contributed by atoms with Crippen molar-refractivity contribution in [3.05, 3.63) is 43.1 Å². The zero-order chi connectivity index (χ0) is 18.5. The number of ether oxygens (including phenoxy) is 2. The third-order valence-electron chi connectivity index (χ3n) is 4.84. The van der Waals surface area contributed by atoms with E-state index in [1.807, 2.05) is 35.0 Å². The smallest absolute Gasteiger partial charge is 0.179 e. The van der Waals surface area contributed by atoms with Gasteiger partial charge < -0.3 is 24.1 Å². The second-order valence-electron chi connectivity index (χ2n) is 6.70. The lowest BCUT2D eigenvalue weighted by Crippen LogP contribution is -2.21. The molecule has 0 amide bonds. The minimum Gasteiger partial charge on any atom is -0.491 e. The molecule has 3 aromatic heterocycles. The minimum atomic E-state index is 0.643. The Morgan fingerprint density at radius 3 is 2.93 bits per heavy atom. The van der Waals surface area contributed by atoms with Crippen molar-refractivity contribution >= 4 is 17.0 Å². The average molecular weight is 367 g/mol. The summed E-state index contributed by atoms with van der Waals surface area (Å²) >= 11 is 0. The van der Waals surface area contributed by atoms with Crippen LogP contribution in [0.4, 0.5) is 11.5 Å². The maximum atomic E-state index is 5.99. The lowest BCUT2D eigenvalue weighted by atomic mass is 10.3. The molecule has 0 aromatic carbocycles. The predicted molar refractivity (Wildman–Crippen MR) is 105 cm³/mol. The highest BCUT2D eigenvalue weighted by atomic mass is 16.5. The highest BCUT2D eigenvalue weighted by molar-refractivity contribution is 5.75. The van der Waals surface area contributed by atoms with E-state index in [1.54, 1.807) is 19.6 Å². The first-order chi connectivity index (χ1) is 13.3. The van der Waals surface area contributed by atoms with Crippen molar-refractivity contribution in [2.75, 3.05) is 38.7 Å². The Labute approximate surface area is 158 Å². The molecule has 0 saturated carbocycles. The van der Waals surface area contributed by atoms with Gasteiger partial charge in [-0.15, -0.1) is 0 Å². The van der Waals surface area contributed by atoms with Crippen LogP contribution >= 0.6 is 0 Å². The first kappa shape index (κ1) is 17.6. The molecule has 0 radical (unpaired) electrons. The molecule has 1 fully saturated rings. The Hall–Kier alpha value is -2.80. The lowest BCUT2D eigenvalue weighted by Gasteiger charge is -2.16. The number of rotatable bonds is 8. The molecule has 1 N–H and O–H groups in total. The Balaban J connectivity index is 1.43. The summed E-state index contributed by atoms with van der Waals surface area (Å²) < 4.78 is 13.3. The van der Waals surface area contributed by atoms with E-state index in [1.165, 1.54) is 25.9 Å². The van der Waals surface area contributed by atoms with Crippen LogP contribution in [0.25, 0.3) is 5.52 Å². The minimum absolute atomic E-state index is 0.643. The van der Waals surface area contributed by atoms with Gasteiger partial charge >= 0.3 is 0 Å². The molecule has 7 nitrogen and oxygen atoms in total. The van der Waals surface area contributed by atoms with Crippen molar-refractivity contribution < 1.29 is 9.47 Å². The van der Waals surface area contributed by atoms with Gasteiger partial charge in [0, 0.05) is 18.8 Å². The summed E-state index contributed by atoms with van der Waals surface area (Å²) in [6.45, 7) is 4.18. The molecule has 1 aliphatic rings. The number of imidazole rings is 1. The molecule has 0 spiro atoms. The molecule has 0 aliphatic carbocycles. The number of fused-ring (bicyclic) bond motifs is 1. The van der Waals surface area contributed by atoms with Crippen molar-refractivity contribution in [3.63, 3.8) is 0 Å². The Bertz CT molecular complexity index is 889. The van der Waals surface area contributed by atoms with E-state index < -0.39 is 0 Å². The number of hydrogen-bond acceptors (Lipinski definition) is 6. The van der Waals surface area contributed by atoms with Gasteiger partial charge in [0.2, 0.25) is 0 Å². The summed E-state index contributed by atoms with van der Waals surface area (Å²) in [4.78, 5) is 11.1. The van der Waals surface area contributed by atoms with Crippen LogP contribution in [0.2, 0.25) is 0 Å². The SMILES string of the molecule is COc1cnc(Nc2cccn3cncc23)cc1OCCCN1CCCC1. The molecule has 0 atom stereocenters. The zero-order valence-corrected chi connectivity index (χ0v) is 15.6. The average Bonchev–Trinajstić information content (AvgIpc) is 3.37. The number of pyridine rings is 2. The van der Waals surface area contributed by atoms with Gasteiger partial charge in [-0.2, -0.15) is 0 Å². The van der Waals surface area contributed by atoms with Gasteiger partial charge in [-0.05, 0) is 44.5 Å². The quantitative estimate of drug-likeness (QED) is 0.616. The number of hydrogen-bond donors (Lipinski definition) is 1. The molecule has 27 heavy (non-hydrogen) atoms. The molecular weight excluding hydrogens is 342 g/mol. The normalized spacial score (nSPS) is 14.6. The predicted octanol–water partition coefficient (Wildman–Crippen LogP) is 3.35. The summed E-state index contributed by atoms with van der Waals surface area (Å²) in [6.07, 6.45) is 10.9. The molecule has 4 heterocycles. The van der Waals surface area contributed by atoms with Crippen LogP contribution in [0.3, 0.4) is 0 Å². The summed E-state index contributed by atoms with van der Waals surface area (Å²) in [5, 5.41) is 3.34. The topological polar surface area (TPSA) is 63.9 Å². The molecule has 0 bridgehead atoms. The molecule has 1 saturated heterocycles. The van der Waals surface area contributed by atoms with E-state index >= 15 is 0 Å². The van der Waals surface area contributed by atoms with Crippen LogP contribution in [-0.2, 0) is 0 Å². The fourth-order valence-electron chi connectivity index (χ4n) is 3.43. The highest BCUT2D eigenvalue weighted by Gasteiger charge is 2.12. The molecule has 0 unspecified atom stereocenters. The number of likely N-dealkylation sites (tertiary alicyclic amines) is 1. The van der Waals surface area contributed by atoms with Crippen molar-refractivity contribution in [2.45, 2.75) is 19.3 Å². The third kappa shape index (κ3) is 4.14. The van der Waals surface area contributed by atoms with E-state index in [-0.39, 0.29) is 0 Å².